The summed E-state index contributed by atoms with van der Waals surface area (Å²) in [6, 6.07) is 8.64. The highest BCUT2D eigenvalue weighted by molar-refractivity contribution is 6.01. The lowest BCUT2D eigenvalue weighted by Crippen LogP contribution is -2.57. The molecular formula is C34H40O7. The van der Waals surface area contributed by atoms with Crippen molar-refractivity contribution < 1.29 is 33.8 Å². The van der Waals surface area contributed by atoms with Crippen LogP contribution >= 0.6 is 0 Å². The van der Waals surface area contributed by atoms with Crippen molar-refractivity contribution in [2.24, 2.45) is 16.7 Å². The van der Waals surface area contributed by atoms with Crippen molar-refractivity contribution in [1.29, 1.82) is 0 Å². The molecule has 5 rings (SSSR count). The molecule has 1 fully saturated rings. The number of hydrogen-bond donors (Lipinski definition) is 1. The molecule has 1 aromatic rings. The van der Waals surface area contributed by atoms with Gasteiger partial charge in [-0.25, -0.2) is 4.79 Å². The third kappa shape index (κ3) is 5.03. The third-order valence-electron chi connectivity index (χ3n) is 10.1. The van der Waals surface area contributed by atoms with Crippen molar-refractivity contribution in [3.63, 3.8) is 0 Å². The van der Waals surface area contributed by atoms with Crippen molar-refractivity contribution in [2.45, 2.75) is 90.3 Å². The number of aliphatic hydroxyl groups is 1. The molecule has 0 saturated heterocycles. The van der Waals surface area contributed by atoms with Gasteiger partial charge < -0.3 is 14.6 Å². The van der Waals surface area contributed by atoms with Crippen LogP contribution in [0.2, 0.25) is 0 Å². The van der Waals surface area contributed by atoms with Crippen LogP contribution in [0, 0.1) is 16.7 Å². The van der Waals surface area contributed by atoms with E-state index in [1.807, 2.05) is 26.0 Å². The first-order chi connectivity index (χ1) is 19.5. The first kappa shape index (κ1) is 29.2. The average molecular weight is 561 g/mol. The Morgan fingerprint density at radius 2 is 1.83 bits per heavy atom. The maximum atomic E-state index is 14.1. The van der Waals surface area contributed by atoms with E-state index >= 15 is 0 Å². The van der Waals surface area contributed by atoms with Gasteiger partial charge in [-0.05, 0) is 82.1 Å². The van der Waals surface area contributed by atoms with Crippen LogP contribution in [0.5, 0.6) is 0 Å². The lowest BCUT2D eigenvalue weighted by atomic mass is 9.53. The molecule has 0 aliphatic heterocycles. The first-order valence-electron chi connectivity index (χ1n) is 14.9. The molecule has 7 nitrogen and oxygen atoms in total. The van der Waals surface area contributed by atoms with E-state index in [9.17, 15) is 24.3 Å². The predicted molar refractivity (Wildman–Crippen MR) is 153 cm³/mol. The van der Waals surface area contributed by atoms with E-state index in [1.165, 1.54) is 11.1 Å². The molecule has 7 heteroatoms. The summed E-state index contributed by atoms with van der Waals surface area (Å²) in [7, 11) is 0. The van der Waals surface area contributed by atoms with E-state index in [1.54, 1.807) is 36.4 Å². The summed E-state index contributed by atoms with van der Waals surface area (Å²) in [5.41, 5.74) is 1.67. The summed E-state index contributed by atoms with van der Waals surface area (Å²) in [5.74, 6) is -1.59. The number of ether oxygens (including phenoxy) is 2. The number of allylic oxidation sites excluding steroid dienone is 6. The highest BCUT2D eigenvalue weighted by Crippen LogP contribution is 2.65. The Hall–Kier alpha value is -3.32. The van der Waals surface area contributed by atoms with Gasteiger partial charge in [-0.3, -0.25) is 14.4 Å². The number of carbonyl (C=O) groups excluding carboxylic acids is 4. The summed E-state index contributed by atoms with van der Waals surface area (Å²) in [4.78, 5) is 52.1. The minimum absolute atomic E-state index is 0.0188. The van der Waals surface area contributed by atoms with Crippen molar-refractivity contribution in [1.82, 2.24) is 0 Å². The monoisotopic (exact) mass is 560 g/mol. The largest absolute Gasteiger partial charge is 0.457 e. The summed E-state index contributed by atoms with van der Waals surface area (Å²) >= 11 is 0. The number of esters is 2. The van der Waals surface area contributed by atoms with Crippen LogP contribution in [0.25, 0.3) is 0 Å². The van der Waals surface area contributed by atoms with E-state index in [4.69, 9.17) is 9.47 Å². The molecule has 1 N–H and O–H groups in total. The summed E-state index contributed by atoms with van der Waals surface area (Å²) in [6.07, 6.45) is 9.58. The van der Waals surface area contributed by atoms with Gasteiger partial charge in [0.15, 0.2) is 18.0 Å². The SMILES string of the molecule is CCCC(O)CC(=O)OCC(=O)[C@@]1(OC(=O)c2ccccc2)CC[C@H]2C3=C(CC[C@@]21C)[C@@]1(C)C=CC(=O)C=C1CC3. The molecule has 1 unspecified atom stereocenters. The number of fused-ring (bicyclic) bond motifs is 4. The van der Waals surface area contributed by atoms with Crippen LogP contribution in [0.1, 0.15) is 88.9 Å². The molecular weight excluding hydrogens is 520 g/mol. The molecule has 41 heavy (non-hydrogen) atoms. The molecule has 1 aromatic carbocycles. The number of ketones is 2. The lowest BCUT2D eigenvalue weighted by molar-refractivity contribution is -0.164. The van der Waals surface area contributed by atoms with Crippen LogP contribution in [0.3, 0.4) is 0 Å². The van der Waals surface area contributed by atoms with Gasteiger partial charge in [0, 0.05) is 10.8 Å². The van der Waals surface area contributed by atoms with Gasteiger partial charge in [0.05, 0.1) is 18.1 Å². The van der Waals surface area contributed by atoms with Crippen molar-refractivity contribution in [2.75, 3.05) is 6.61 Å². The van der Waals surface area contributed by atoms with Gasteiger partial charge in [0.2, 0.25) is 5.78 Å². The minimum Gasteiger partial charge on any atom is -0.457 e. The summed E-state index contributed by atoms with van der Waals surface area (Å²) in [6.45, 7) is 5.63. The van der Waals surface area contributed by atoms with Gasteiger partial charge in [0.1, 0.15) is 0 Å². The normalized spacial score (nSPS) is 31.0. The highest BCUT2D eigenvalue weighted by Gasteiger charge is 2.66. The topological polar surface area (TPSA) is 107 Å². The smallest absolute Gasteiger partial charge is 0.339 e. The minimum atomic E-state index is -1.46. The maximum Gasteiger partial charge on any atom is 0.339 e. The number of benzene rings is 1. The van der Waals surface area contributed by atoms with Crippen LogP contribution in [-0.2, 0) is 23.9 Å². The van der Waals surface area contributed by atoms with Gasteiger partial charge in [-0.2, -0.15) is 0 Å². The molecule has 0 aromatic heterocycles. The molecule has 0 spiro atoms. The summed E-state index contributed by atoms with van der Waals surface area (Å²) in [5, 5.41) is 10.0. The Kier molecular flexibility index (Phi) is 7.94. The molecule has 1 saturated carbocycles. The Morgan fingerprint density at radius 1 is 1.07 bits per heavy atom. The standard InChI is InChI=1S/C34H40O7/c1-4-8-24(35)20-30(38)40-21-29(37)34(41-31(39)22-9-6-5-7-10-22)18-15-28-26-12-11-23-19-25(36)13-16-32(23,2)27(26)14-17-33(28,34)3/h5-7,9-10,13,16,19,24,28,35H,4,8,11-12,14-15,17-18,20-21H2,1-3H3/t24?,28-,32-,33-,34-/m0/s1. The Balaban J connectivity index is 1.47. The van der Waals surface area contributed by atoms with Gasteiger partial charge >= 0.3 is 11.9 Å². The zero-order chi connectivity index (χ0) is 29.4. The zero-order valence-electron chi connectivity index (χ0n) is 24.2. The zero-order valence-corrected chi connectivity index (χ0v) is 24.2. The fraction of sp³-hybridized carbons (Fsp3) is 0.529. The Bertz CT molecular complexity index is 1340. The van der Waals surface area contributed by atoms with Gasteiger partial charge in [-0.15, -0.1) is 0 Å². The fourth-order valence-electron chi connectivity index (χ4n) is 7.89. The van der Waals surface area contributed by atoms with Crippen LogP contribution < -0.4 is 0 Å². The number of rotatable bonds is 9. The maximum absolute atomic E-state index is 14.1. The second-order valence-electron chi connectivity index (χ2n) is 12.4. The van der Waals surface area contributed by atoms with E-state index in [0.717, 1.165) is 31.3 Å². The Morgan fingerprint density at radius 3 is 2.56 bits per heavy atom. The quantitative estimate of drug-likeness (QED) is 0.309. The van der Waals surface area contributed by atoms with Crippen molar-refractivity contribution in [3.8, 4) is 0 Å². The molecule has 4 aliphatic carbocycles. The van der Waals surface area contributed by atoms with E-state index in [2.05, 4.69) is 6.92 Å². The summed E-state index contributed by atoms with van der Waals surface area (Å²) < 4.78 is 11.6. The first-order valence-corrected chi connectivity index (χ1v) is 14.9. The van der Waals surface area contributed by atoms with Crippen molar-refractivity contribution in [3.05, 3.63) is 70.8 Å². The highest BCUT2D eigenvalue weighted by atomic mass is 16.6. The van der Waals surface area contributed by atoms with E-state index in [-0.39, 0.29) is 23.5 Å². The molecule has 0 amide bonds. The average Bonchev–Trinajstić information content (AvgIpc) is 3.25. The van der Waals surface area contributed by atoms with Crippen LogP contribution in [0.15, 0.2) is 65.3 Å². The number of hydrogen-bond acceptors (Lipinski definition) is 7. The second kappa shape index (κ2) is 11.2. The number of aliphatic hydroxyl groups excluding tert-OH is 1. The van der Waals surface area contributed by atoms with Crippen LogP contribution in [0.4, 0.5) is 0 Å². The molecule has 0 bridgehead atoms. The molecule has 5 atom stereocenters. The van der Waals surface area contributed by atoms with Crippen molar-refractivity contribution >= 4 is 23.5 Å². The van der Waals surface area contributed by atoms with Gasteiger partial charge in [0.25, 0.3) is 0 Å². The second-order valence-corrected chi connectivity index (χ2v) is 12.4. The Labute approximate surface area is 241 Å². The van der Waals surface area contributed by atoms with Crippen LogP contribution in [-0.4, -0.2) is 46.9 Å². The third-order valence-corrected chi connectivity index (χ3v) is 10.1. The predicted octanol–water partition coefficient (Wildman–Crippen LogP) is 5.62. The fourth-order valence-corrected chi connectivity index (χ4v) is 7.89. The van der Waals surface area contributed by atoms with E-state index < -0.39 is 41.4 Å². The molecule has 0 heterocycles. The molecule has 218 valence electrons. The van der Waals surface area contributed by atoms with Gasteiger partial charge in [-0.1, -0.05) is 61.3 Å². The van der Waals surface area contributed by atoms with E-state index in [0.29, 0.717) is 31.2 Å². The number of carbonyl (C=O) groups is 4. The lowest BCUT2D eigenvalue weighted by Gasteiger charge is -2.52. The molecule has 0 radical (unpaired) electrons. The molecule has 4 aliphatic rings. The number of Topliss-reactive ketones (excluding diaryl/α,β-unsaturated/α-hetero) is 1.